The molecule has 3 aromatic heterocycles. The molecule has 3 aromatic rings. The van der Waals surface area contributed by atoms with Gasteiger partial charge in [0, 0.05) is 36.8 Å². The van der Waals surface area contributed by atoms with Crippen molar-refractivity contribution in [3.8, 4) is 17.1 Å². The summed E-state index contributed by atoms with van der Waals surface area (Å²) in [7, 11) is 0. The topological polar surface area (TPSA) is 68.2 Å². The monoisotopic (exact) mass is 468 g/mol. The van der Waals surface area contributed by atoms with Gasteiger partial charge in [0.15, 0.2) is 0 Å². The molecule has 5 heterocycles. The van der Waals surface area contributed by atoms with Crippen LogP contribution in [0.3, 0.4) is 0 Å². The first-order chi connectivity index (χ1) is 16.3. The van der Waals surface area contributed by atoms with E-state index in [2.05, 4.69) is 15.0 Å². The summed E-state index contributed by atoms with van der Waals surface area (Å²) in [6, 6.07) is 9.40. The van der Waals surface area contributed by atoms with Gasteiger partial charge in [-0.2, -0.15) is 13.2 Å². The lowest BCUT2D eigenvalue weighted by Crippen LogP contribution is -2.59. The Morgan fingerprint density at radius 2 is 1.85 bits per heavy atom. The molecule has 0 radical (unpaired) electrons. The van der Waals surface area contributed by atoms with Crippen LogP contribution in [0.5, 0.6) is 5.88 Å². The van der Waals surface area contributed by atoms with E-state index in [-0.39, 0.29) is 29.9 Å². The number of piperidine rings is 2. The molecule has 176 valence electrons. The number of pyridine rings is 3. The van der Waals surface area contributed by atoms with E-state index in [4.69, 9.17) is 4.74 Å². The zero-order valence-electron chi connectivity index (χ0n) is 18.5. The Kier molecular flexibility index (Phi) is 5.71. The van der Waals surface area contributed by atoms with Crippen molar-refractivity contribution >= 4 is 5.91 Å². The van der Waals surface area contributed by atoms with Gasteiger partial charge in [-0.1, -0.05) is 6.07 Å². The average Bonchev–Trinajstić information content (AvgIpc) is 2.84. The summed E-state index contributed by atoms with van der Waals surface area (Å²) >= 11 is 0. The minimum atomic E-state index is -4.45. The van der Waals surface area contributed by atoms with E-state index < -0.39 is 11.7 Å². The van der Waals surface area contributed by atoms with E-state index in [1.807, 2.05) is 25.1 Å². The molecule has 0 aromatic carbocycles. The van der Waals surface area contributed by atoms with Crippen LogP contribution < -0.4 is 4.74 Å². The van der Waals surface area contributed by atoms with Crippen LogP contribution in [0.2, 0.25) is 0 Å². The first kappa shape index (κ1) is 22.3. The smallest absolute Gasteiger partial charge is 0.417 e. The second-order valence-corrected chi connectivity index (χ2v) is 8.81. The highest BCUT2D eigenvalue weighted by molar-refractivity contribution is 5.99. The summed E-state index contributed by atoms with van der Waals surface area (Å²) in [4.78, 5) is 28.2. The molecule has 6 rings (SSSR count). The first-order valence-electron chi connectivity index (χ1n) is 11.2. The minimum absolute atomic E-state index is 0.126. The van der Waals surface area contributed by atoms with E-state index in [1.54, 1.807) is 23.4 Å². The number of halogens is 3. The van der Waals surface area contributed by atoms with Gasteiger partial charge >= 0.3 is 6.18 Å². The number of amides is 1. The Labute approximate surface area is 194 Å². The molecule has 2 saturated heterocycles. The molecule has 0 N–H and O–H groups in total. The number of alkyl halides is 3. The predicted octanol–water partition coefficient (Wildman–Crippen LogP) is 4.94. The Balaban J connectivity index is 1.40. The quantitative estimate of drug-likeness (QED) is 0.543. The van der Waals surface area contributed by atoms with Gasteiger partial charge in [-0.3, -0.25) is 14.8 Å². The van der Waals surface area contributed by atoms with Crippen LogP contribution in [-0.2, 0) is 6.18 Å². The number of hydrogen-bond acceptors (Lipinski definition) is 5. The van der Waals surface area contributed by atoms with E-state index in [9.17, 15) is 18.0 Å². The van der Waals surface area contributed by atoms with E-state index in [0.717, 1.165) is 37.1 Å². The summed E-state index contributed by atoms with van der Waals surface area (Å²) in [5, 5.41) is 0. The van der Waals surface area contributed by atoms with E-state index in [0.29, 0.717) is 23.5 Å². The van der Waals surface area contributed by atoms with Crippen LogP contribution in [0.25, 0.3) is 11.3 Å². The molecule has 2 aliphatic heterocycles. The summed E-state index contributed by atoms with van der Waals surface area (Å²) in [5.41, 5.74) is 1.84. The molecule has 34 heavy (non-hydrogen) atoms. The Morgan fingerprint density at radius 3 is 2.56 bits per heavy atom. The van der Waals surface area contributed by atoms with Crippen molar-refractivity contribution in [2.45, 2.75) is 44.5 Å². The zero-order valence-corrected chi connectivity index (χ0v) is 18.5. The van der Waals surface area contributed by atoms with Gasteiger partial charge in [0.05, 0.1) is 17.3 Å². The van der Waals surface area contributed by atoms with Gasteiger partial charge in [0.1, 0.15) is 11.8 Å². The largest absolute Gasteiger partial charge is 0.472 e. The zero-order chi connectivity index (χ0) is 23.9. The molecule has 3 fully saturated rings. The third kappa shape index (κ3) is 4.22. The highest BCUT2D eigenvalue weighted by Crippen LogP contribution is 2.39. The summed E-state index contributed by atoms with van der Waals surface area (Å²) in [5.74, 6) is 0.182. The fourth-order valence-corrected chi connectivity index (χ4v) is 4.94. The molecule has 1 amide bonds. The van der Waals surface area contributed by atoms with Crippen molar-refractivity contribution in [2.24, 2.45) is 5.92 Å². The number of aryl methyl sites for hydroxylation is 1. The third-order valence-electron chi connectivity index (χ3n) is 6.59. The predicted molar refractivity (Wildman–Crippen MR) is 118 cm³/mol. The van der Waals surface area contributed by atoms with E-state index >= 15 is 0 Å². The standard InChI is InChI=1S/C25H23F3N4O2/c1-15-4-2-10-29-22(15)18-5-3-11-30-23(18)24(33)32-14-16-6-8-19(32)20(12-16)34-21-9-7-17(13-31-21)25(26,27)28/h2-5,7,9-11,13,16,19-20H,6,8,12,14H2,1H3/t16-,19-,20+/m0/s1. The molecule has 0 spiro atoms. The molecule has 2 bridgehead atoms. The van der Waals surface area contributed by atoms with Gasteiger partial charge in [-0.05, 0) is 61.9 Å². The fraction of sp³-hybridized carbons (Fsp3) is 0.360. The van der Waals surface area contributed by atoms with Crippen molar-refractivity contribution in [3.63, 3.8) is 0 Å². The lowest BCUT2D eigenvalue weighted by molar-refractivity contribution is -0.137. The fourth-order valence-electron chi connectivity index (χ4n) is 4.94. The van der Waals surface area contributed by atoms with Gasteiger partial charge in [0.25, 0.3) is 5.91 Å². The van der Waals surface area contributed by atoms with Crippen LogP contribution in [-0.4, -0.2) is 44.4 Å². The summed E-state index contributed by atoms with van der Waals surface area (Å²) < 4.78 is 44.5. The number of ether oxygens (including phenoxy) is 1. The van der Waals surface area contributed by atoms with Gasteiger partial charge in [-0.15, -0.1) is 0 Å². The molecule has 3 aliphatic rings. The number of carbonyl (C=O) groups is 1. The summed E-state index contributed by atoms with van der Waals surface area (Å²) in [6.07, 6.45) is 1.72. The van der Waals surface area contributed by atoms with Crippen LogP contribution >= 0.6 is 0 Å². The average molecular weight is 468 g/mol. The first-order valence-corrected chi connectivity index (χ1v) is 11.2. The van der Waals surface area contributed by atoms with Crippen LogP contribution in [0, 0.1) is 12.8 Å². The van der Waals surface area contributed by atoms with Crippen molar-refractivity contribution in [1.82, 2.24) is 19.9 Å². The van der Waals surface area contributed by atoms with Crippen LogP contribution in [0.1, 0.15) is 40.9 Å². The number of nitrogens with zero attached hydrogens (tertiary/aromatic N) is 4. The second-order valence-electron chi connectivity index (χ2n) is 8.81. The molecule has 9 heteroatoms. The summed E-state index contributed by atoms with van der Waals surface area (Å²) in [6.45, 7) is 2.54. The minimum Gasteiger partial charge on any atom is -0.472 e. The molecule has 6 nitrogen and oxygen atoms in total. The van der Waals surface area contributed by atoms with Crippen LogP contribution in [0.15, 0.2) is 55.0 Å². The Hall–Kier alpha value is -3.49. The third-order valence-corrected chi connectivity index (χ3v) is 6.59. The number of fused-ring (bicyclic) bond motifs is 3. The maximum Gasteiger partial charge on any atom is 0.417 e. The molecular weight excluding hydrogens is 445 g/mol. The normalized spacial score (nSPS) is 22.0. The molecule has 3 atom stereocenters. The highest BCUT2D eigenvalue weighted by Gasteiger charge is 2.45. The molecule has 1 aliphatic carbocycles. The second kappa shape index (κ2) is 8.70. The van der Waals surface area contributed by atoms with Crippen molar-refractivity contribution in [3.05, 3.63) is 71.8 Å². The SMILES string of the molecule is Cc1cccnc1-c1cccnc1C(=O)N1C[C@H]2CC[C@H]1[C@H](Oc1ccc(C(F)(F)F)cn1)C2. The lowest BCUT2D eigenvalue weighted by atomic mass is 9.77. The van der Waals surface area contributed by atoms with Crippen molar-refractivity contribution in [2.75, 3.05) is 6.54 Å². The maximum absolute atomic E-state index is 13.7. The van der Waals surface area contributed by atoms with Gasteiger partial charge in [-0.25, -0.2) is 4.98 Å². The Bertz CT molecular complexity index is 1200. The molecular formula is C25H23F3N4O2. The number of carbonyl (C=O) groups excluding carboxylic acids is 1. The van der Waals surface area contributed by atoms with Gasteiger partial charge < -0.3 is 9.64 Å². The molecule has 0 unspecified atom stereocenters. The maximum atomic E-state index is 13.7. The van der Waals surface area contributed by atoms with Crippen LogP contribution in [0.4, 0.5) is 13.2 Å². The van der Waals surface area contributed by atoms with Gasteiger partial charge in [0.2, 0.25) is 5.88 Å². The lowest BCUT2D eigenvalue weighted by Gasteiger charge is -2.49. The molecule has 1 saturated carbocycles. The number of aromatic nitrogens is 3. The van der Waals surface area contributed by atoms with Crippen molar-refractivity contribution in [1.29, 1.82) is 0 Å². The number of hydrogen-bond donors (Lipinski definition) is 0. The van der Waals surface area contributed by atoms with E-state index in [1.165, 1.54) is 6.07 Å². The Morgan fingerprint density at radius 1 is 1.06 bits per heavy atom. The highest BCUT2D eigenvalue weighted by atomic mass is 19.4. The number of rotatable bonds is 4. The van der Waals surface area contributed by atoms with Crippen molar-refractivity contribution < 1.29 is 22.7 Å².